The van der Waals surface area contributed by atoms with Crippen LogP contribution in [-0.4, -0.2) is 33.7 Å². The molecule has 1 amide bonds. The number of pyridine rings is 1. The minimum absolute atomic E-state index is 0.283. The molecule has 0 saturated carbocycles. The summed E-state index contributed by atoms with van der Waals surface area (Å²) in [6.07, 6.45) is 3.05. The molecule has 0 aliphatic carbocycles. The zero-order valence-electron chi connectivity index (χ0n) is 8.90. The number of nitrogens with one attached hydrogen (secondary N) is 2. The molecule has 0 radical (unpaired) electrons. The highest BCUT2D eigenvalue weighted by Gasteiger charge is 2.06. The average Bonchev–Trinajstić information content (AvgIpc) is 2.28. The van der Waals surface area contributed by atoms with Gasteiger partial charge in [-0.3, -0.25) is 14.8 Å². The predicted molar refractivity (Wildman–Crippen MR) is 63.3 cm³/mol. The van der Waals surface area contributed by atoms with Crippen molar-refractivity contribution in [3.63, 3.8) is 0 Å². The summed E-state index contributed by atoms with van der Waals surface area (Å²) in [4.78, 5) is 15.4. The van der Waals surface area contributed by atoms with E-state index in [9.17, 15) is 9.00 Å². The SMILES string of the molecule is CS(=O)CCNC(=O)c1ccc(NN)cn1. The fourth-order valence-electron chi connectivity index (χ4n) is 1.01. The number of aromatic nitrogens is 1. The molecule has 88 valence electrons. The Morgan fingerprint density at radius 2 is 2.31 bits per heavy atom. The number of hydrogen-bond donors (Lipinski definition) is 3. The zero-order valence-corrected chi connectivity index (χ0v) is 9.71. The van der Waals surface area contributed by atoms with Crippen molar-refractivity contribution in [2.75, 3.05) is 24.0 Å². The summed E-state index contributed by atoms with van der Waals surface area (Å²) in [6, 6.07) is 3.22. The molecule has 0 aliphatic heterocycles. The Kier molecular flexibility index (Phi) is 4.87. The lowest BCUT2D eigenvalue weighted by Gasteiger charge is -2.04. The number of hydrazine groups is 1. The first-order valence-corrected chi connectivity index (χ1v) is 6.37. The van der Waals surface area contributed by atoms with E-state index in [1.165, 1.54) is 6.20 Å². The molecule has 6 nitrogen and oxygen atoms in total. The van der Waals surface area contributed by atoms with Crippen LogP contribution in [0.25, 0.3) is 0 Å². The molecular weight excluding hydrogens is 228 g/mol. The smallest absolute Gasteiger partial charge is 0.269 e. The quantitative estimate of drug-likeness (QED) is 0.476. The lowest BCUT2D eigenvalue weighted by atomic mass is 10.3. The van der Waals surface area contributed by atoms with Crippen LogP contribution in [0.3, 0.4) is 0 Å². The summed E-state index contributed by atoms with van der Waals surface area (Å²) in [7, 11) is -0.905. The van der Waals surface area contributed by atoms with Gasteiger partial charge in [-0.15, -0.1) is 0 Å². The lowest BCUT2D eigenvalue weighted by Crippen LogP contribution is -2.28. The molecule has 16 heavy (non-hydrogen) atoms. The molecule has 0 bridgehead atoms. The molecule has 0 aliphatic rings. The third-order valence-corrected chi connectivity index (χ3v) is 2.62. The van der Waals surface area contributed by atoms with Gasteiger partial charge in [0.05, 0.1) is 11.9 Å². The molecule has 1 aromatic heterocycles. The second-order valence-electron chi connectivity index (χ2n) is 3.11. The topological polar surface area (TPSA) is 97.1 Å². The number of hydrogen-bond acceptors (Lipinski definition) is 5. The first-order chi connectivity index (χ1) is 7.63. The maximum Gasteiger partial charge on any atom is 0.269 e. The first kappa shape index (κ1) is 12.6. The fraction of sp³-hybridized carbons (Fsp3) is 0.333. The maximum atomic E-state index is 11.5. The third kappa shape index (κ3) is 3.95. The molecule has 1 heterocycles. The minimum atomic E-state index is -0.905. The molecule has 1 unspecified atom stereocenters. The van der Waals surface area contributed by atoms with E-state index in [0.29, 0.717) is 23.7 Å². The monoisotopic (exact) mass is 242 g/mol. The molecule has 1 aromatic rings. The van der Waals surface area contributed by atoms with E-state index in [-0.39, 0.29) is 5.91 Å². The molecule has 0 saturated heterocycles. The number of amides is 1. The van der Waals surface area contributed by atoms with Gasteiger partial charge in [-0.25, -0.2) is 4.98 Å². The van der Waals surface area contributed by atoms with Crippen molar-refractivity contribution in [1.29, 1.82) is 0 Å². The van der Waals surface area contributed by atoms with Crippen LogP contribution in [-0.2, 0) is 10.8 Å². The summed E-state index contributed by atoms with van der Waals surface area (Å²) >= 11 is 0. The van der Waals surface area contributed by atoms with Crippen LogP contribution in [0, 0.1) is 0 Å². The molecule has 0 aromatic carbocycles. The minimum Gasteiger partial charge on any atom is -0.350 e. The Labute approximate surface area is 96.1 Å². The van der Waals surface area contributed by atoms with E-state index in [4.69, 9.17) is 5.84 Å². The zero-order chi connectivity index (χ0) is 12.0. The van der Waals surface area contributed by atoms with E-state index in [1.807, 2.05) is 0 Å². The van der Waals surface area contributed by atoms with Crippen molar-refractivity contribution < 1.29 is 9.00 Å². The summed E-state index contributed by atoms with van der Waals surface area (Å²) in [6.45, 7) is 0.376. The van der Waals surface area contributed by atoms with Crippen molar-refractivity contribution in [3.8, 4) is 0 Å². The highest BCUT2D eigenvalue weighted by atomic mass is 32.2. The van der Waals surface area contributed by atoms with Crippen LogP contribution >= 0.6 is 0 Å². The highest BCUT2D eigenvalue weighted by molar-refractivity contribution is 7.84. The van der Waals surface area contributed by atoms with Gasteiger partial charge in [-0.05, 0) is 12.1 Å². The Balaban J connectivity index is 2.49. The van der Waals surface area contributed by atoms with Crippen LogP contribution < -0.4 is 16.6 Å². The average molecular weight is 242 g/mol. The van der Waals surface area contributed by atoms with Gasteiger partial charge in [0.1, 0.15) is 5.69 Å². The molecule has 0 spiro atoms. The van der Waals surface area contributed by atoms with Gasteiger partial charge >= 0.3 is 0 Å². The second-order valence-corrected chi connectivity index (χ2v) is 4.66. The number of nitrogen functional groups attached to an aromatic ring is 1. The highest BCUT2D eigenvalue weighted by Crippen LogP contribution is 2.03. The molecule has 4 N–H and O–H groups in total. The normalized spacial score (nSPS) is 11.9. The maximum absolute atomic E-state index is 11.5. The van der Waals surface area contributed by atoms with E-state index in [2.05, 4.69) is 15.7 Å². The number of anilines is 1. The third-order valence-electron chi connectivity index (χ3n) is 1.84. The number of rotatable bonds is 5. The van der Waals surface area contributed by atoms with Crippen molar-refractivity contribution in [2.45, 2.75) is 0 Å². The molecule has 0 fully saturated rings. The number of carbonyl (C=O) groups is 1. The Hall–Kier alpha value is -1.47. The van der Waals surface area contributed by atoms with E-state index < -0.39 is 10.8 Å². The van der Waals surface area contributed by atoms with Gasteiger partial charge < -0.3 is 10.7 Å². The fourth-order valence-corrected chi connectivity index (χ4v) is 1.40. The summed E-state index contributed by atoms with van der Waals surface area (Å²) in [5.74, 6) is 5.32. The lowest BCUT2D eigenvalue weighted by molar-refractivity contribution is 0.0951. The van der Waals surface area contributed by atoms with Gasteiger partial charge in [0.25, 0.3) is 5.91 Å². The molecule has 7 heteroatoms. The Bertz CT molecular complexity index is 380. The second kappa shape index (κ2) is 6.19. The first-order valence-electron chi connectivity index (χ1n) is 4.64. The van der Waals surface area contributed by atoms with Crippen molar-refractivity contribution in [1.82, 2.24) is 10.3 Å². The largest absolute Gasteiger partial charge is 0.350 e. The van der Waals surface area contributed by atoms with Gasteiger partial charge in [0, 0.05) is 29.4 Å². The van der Waals surface area contributed by atoms with Crippen molar-refractivity contribution in [3.05, 3.63) is 24.0 Å². The van der Waals surface area contributed by atoms with Gasteiger partial charge in [0.15, 0.2) is 0 Å². The van der Waals surface area contributed by atoms with Crippen molar-refractivity contribution >= 4 is 22.4 Å². The van der Waals surface area contributed by atoms with Crippen LogP contribution in [0.15, 0.2) is 18.3 Å². The van der Waals surface area contributed by atoms with Gasteiger partial charge in [-0.2, -0.15) is 0 Å². The van der Waals surface area contributed by atoms with Crippen LogP contribution in [0.4, 0.5) is 5.69 Å². The van der Waals surface area contributed by atoms with Gasteiger partial charge in [0.2, 0.25) is 0 Å². The number of nitrogens with two attached hydrogens (primary N) is 1. The number of carbonyl (C=O) groups excluding carboxylic acids is 1. The molecule has 1 atom stereocenters. The Morgan fingerprint density at radius 3 is 2.81 bits per heavy atom. The van der Waals surface area contributed by atoms with Crippen LogP contribution in [0.1, 0.15) is 10.5 Å². The van der Waals surface area contributed by atoms with Crippen molar-refractivity contribution in [2.24, 2.45) is 5.84 Å². The van der Waals surface area contributed by atoms with Gasteiger partial charge in [-0.1, -0.05) is 0 Å². The van der Waals surface area contributed by atoms with Crippen LogP contribution in [0.2, 0.25) is 0 Å². The van der Waals surface area contributed by atoms with E-state index in [0.717, 1.165) is 0 Å². The summed E-state index contributed by atoms with van der Waals surface area (Å²) in [5.41, 5.74) is 3.35. The standard InChI is InChI=1S/C9H14N4O2S/c1-16(15)5-4-11-9(14)8-3-2-7(13-10)6-12-8/h2-3,6,13H,4-5,10H2,1H3,(H,11,14). The molecular formula is C9H14N4O2S. The summed E-state index contributed by atoms with van der Waals surface area (Å²) < 4.78 is 10.8. The summed E-state index contributed by atoms with van der Waals surface area (Å²) in [5, 5.41) is 2.62. The molecule has 1 rings (SSSR count). The van der Waals surface area contributed by atoms with E-state index in [1.54, 1.807) is 18.4 Å². The van der Waals surface area contributed by atoms with E-state index >= 15 is 0 Å². The number of nitrogens with zero attached hydrogens (tertiary/aromatic N) is 1. The predicted octanol–water partition coefficient (Wildman–Crippen LogP) is -0.524. The van der Waals surface area contributed by atoms with Crippen LogP contribution in [0.5, 0.6) is 0 Å². The Morgan fingerprint density at radius 1 is 1.56 bits per heavy atom.